The number of rotatable bonds is 4. The first-order valence-electron chi connectivity index (χ1n) is 6.11. The van der Waals surface area contributed by atoms with E-state index in [0.717, 1.165) is 16.9 Å². The highest BCUT2D eigenvalue weighted by Gasteiger charge is 2.13. The lowest BCUT2D eigenvalue weighted by atomic mass is 10.3. The summed E-state index contributed by atoms with van der Waals surface area (Å²) in [6.45, 7) is 0.709. The quantitative estimate of drug-likeness (QED) is 0.443. The number of alkyl halides is 1. The van der Waals surface area contributed by atoms with Crippen molar-refractivity contribution < 1.29 is 4.39 Å². The third-order valence-corrected chi connectivity index (χ3v) is 4.96. The molecule has 0 N–H and O–H groups in total. The van der Waals surface area contributed by atoms with Crippen LogP contribution in [0.25, 0.3) is 11.0 Å². The summed E-state index contributed by atoms with van der Waals surface area (Å²) >= 11 is 9.53. The lowest BCUT2D eigenvalue weighted by molar-refractivity contribution is 0.621. The minimum atomic E-state index is -0.206. The SMILES string of the molecule is Fc1cc2c(cc1I)nc(CCCl)n2Cc1cccs1. The van der Waals surface area contributed by atoms with E-state index in [2.05, 4.69) is 15.6 Å². The van der Waals surface area contributed by atoms with Crippen molar-refractivity contribution in [3.05, 3.63) is 49.7 Å². The minimum absolute atomic E-state index is 0.206. The highest BCUT2D eigenvalue weighted by atomic mass is 127. The van der Waals surface area contributed by atoms with E-state index < -0.39 is 0 Å². The summed E-state index contributed by atoms with van der Waals surface area (Å²) in [7, 11) is 0. The zero-order chi connectivity index (χ0) is 14.1. The lowest BCUT2D eigenvalue weighted by Crippen LogP contribution is -2.05. The molecule has 3 rings (SSSR count). The minimum Gasteiger partial charge on any atom is -0.323 e. The van der Waals surface area contributed by atoms with Crippen LogP contribution in [0.15, 0.2) is 29.6 Å². The molecule has 0 amide bonds. The molecule has 6 heteroatoms. The number of fused-ring (bicyclic) bond motifs is 1. The van der Waals surface area contributed by atoms with Crippen LogP contribution in [0.2, 0.25) is 0 Å². The zero-order valence-corrected chi connectivity index (χ0v) is 14.2. The zero-order valence-electron chi connectivity index (χ0n) is 10.4. The third kappa shape index (κ3) is 2.71. The molecule has 0 atom stereocenters. The van der Waals surface area contributed by atoms with Crippen molar-refractivity contribution in [2.45, 2.75) is 13.0 Å². The van der Waals surface area contributed by atoms with E-state index in [1.54, 1.807) is 23.5 Å². The predicted molar refractivity (Wildman–Crippen MR) is 90.3 cm³/mol. The highest BCUT2D eigenvalue weighted by Crippen LogP contribution is 2.24. The van der Waals surface area contributed by atoms with Crippen LogP contribution in [0.5, 0.6) is 0 Å². The molecule has 0 radical (unpaired) electrons. The van der Waals surface area contributed by atoms with Gasteiger partial charge < -0.3 is 4.57 Å². The molecular formula is C14H11ClFIN2S. The van der Waals surface area contributed by atoms with Gasteiger partial charge in [-0.25, -0.2) is 9.37 Å². The number of hydrogen-bond donors (Lipinski definition) is 0. The first-order valence-corrected chi connectivity index (χ1v) is 8.61. The van der Waals surface area contributed by atoms with E-state index in [4.69, 9.17) is 11.6 Å². The number of halogens is 3. The van der Waals surface area contributed by atoms with Crippen LogP contribution < -0.4 is 0 Å². The fourth-order valence-corrected chi connectivity index (χ4v) is 3.49. The Morgan fingerprint density at radius 3 is 2.95 bits per heavy atom. The first-order chi connectivity index (χ1) is 9.69. The van der Waals surface area contributed by atoms with Crippen LogP contribution in [0.4, 0.5) is 4.39 Å². The Kier molecular flexibility index (Phi) is 4.28. The lowest BCUT2D eigenvalue weighted by Gasteiger charge is -2.07. The van der Waals surface area contributed by atoms with E-state index in [1.165, 1.54) is 4.88 Å². The Bertz CT molecular complexity index is 739. The molecule has 0 bridgehead atoms. The second kappa shape index (κ2) is 5.99. The fourth-order valence-electron chi connectivity index (χ4n) is 2.18. The Morgan fingerprint density at radius 2 is 2.25 bits per heavy atom. The summed E-state index contributed by atoms with van der Waals surface area (Å²) in [5, 5.41) is 2.04. The van der Waals surface area contributed by atoms with E-state index in [1.807, 2.05) is 34.0 Å². The number of benzene rings is 1. The monoisotopic (exact) mass is 420 g/mol. The van der Waals surface area contributed by atoms with Gasteiger partial charge in [0, 0.05) is 23.2 Å². The summed E-state index contributed by atoms with van der Waals surface area (Å²) in [5.41, 5.74) is 1.66. The molecule has 0 saturated heterocycles. The molecule has 104 valence electrons. The first kappa shape index (κ1) is 14.3. The van der Waals surface area contributed by atoms with Crippen LogP contribution >= 0.6 is 45.5 Å². The standard InChI is InChI=1S/C14H11ClFIN2S/c15-4-3-14-18-12-7-11(17)10(16)6-13(12)19(14)8-9-2-1-5-20-9/h1-2,5-7H,3-4,8H2. The molecule has 0 aliphatic heterocycles. The molecule has 0 unspecified atom stereocenters. The Labute approximate surface area is 138 Å². The molecule has 3 aromatic rings. The summed E-state index contributed by atoms with van der Waals surface area (Å²) in [4.78, 5) is 5.82. The Balaban J connectivity index is 2.15. The van der Waals surface area contributed by atoms with Crippen molar-refractivity contribution in [2.75, 3.05) is 5.88 Å². The summed E-state index contributed by atoms with van der Waals surface area (Å²) in [5.74, 6) is 1.21. The van der Waals surface area contributed by atoms with E-state index in [-0.39, 0.29) is 5.82 Å². The fraction of sp³-hybridized carbons (Fsp3) is 0.214. The molecule has 0 aliphatic carbocycles. The molecule has 1 aromatic carbocycles. The van der Waals surface area contributed by atoms with Crippen molar-refractivity contribution in [1.82, 2.24) is 9.55 Å². The van der Waals surface area contributed by atoms with Gasteiger partial charge in [-0.15, -0.1) is 22.9 Å². The summed E-state index contributed by atoms with van der Waals surface area (Å²) in [6.07, 6.45) is 0.680. The largest absolute Gasteiger partial charge is 0.323 e. The molecule has 20 heavy (non-hydrogen) atoms. The molecule has 0 spiro atoms. The van der Waals surface area contributed by atoms with Crippen LogP contribution in [0.1, 0.15) is 10.7 Å². The average Bonchev–Trinajstić information content (AvgIpc) is 3.02. The molecular weight excluding hydrogens is 410 g/mol. The van der Waals surface area contributed by atoms with Gasteiger partial charge in [0.2, 0.25) is 0 Å². The maximum absolute atomic E-state index is 13.8. The van der Waals surface area contributed by atoms with E-state index in [9.17, 15) is 4.39 Å². The van der Waals surface area contributed by atoms with E-state index in [0.29, 0.717) is 22.4 Å². The normalized spacial score (nSPS) is 11.3. The second-order valence-electron chi connectivity index (χ2n) is 4.39. The molecule has 2 heterocycles. The van der Waals surface area contributed by atoms with Crippen molar-refractivity contribution in [3.8, 4) is 0 Å². The Morgan fingerprint density at radius 1 is 1.40 bits per heavy atom. The van der Waals surface area contributed by atoms with Gasteiger partial charge in [0.1, 0.15) is 11.6 Å². The van der Waals surface area contributed by atoms with Gasteiger partial charge in [0.25, 0.3) is 0 Å². The molecule has 0 fully saturated rings. The highest BCUT2D eigenvalue weighted by molar-refractivity contribution is 14.1. The molecule has 0 aliphatic rings. The Hall–Kier alpha value is -0.660. The third-order valence-electron chi connectivity index (χ3n) is 3.08. The predicted octanol–water partition coefficient (Wildman–Crippen LogP) is 4.67. The van der Waals surface area contributed by atoms with Gasteiger partial charge >= 0.3 is 0 Å². The van der Waals surface area contributed by atoms with Gasteiger partial charge in [-0.2, -0.15) is 0 Å². The average molecular weight is 421 g/mol. The number of nitrogens with zero attached hydrogens (tertiary/aromatic N) is 2. The molecule has 2 nitrogen and oxygen atoms in total. The number of thiophene rings is 1. The van der Waals surface area contributed by atoms with Gasteiger partial charge in [-0.05, 0) is 40.1 Å². The number of aromatic nitrogens is 2. The van der Waals surface area contributed by atoms with Crippen LogP contribution in [0, 0.1) is 9.39 Å². The number of imidazole rings is 1. The van der Waals surface area contributed by atoms with Crippen LogP contribution in [-0.2, 0) is 13.0 Å². The summed E-state index contributed by atoms with van der Waals surface area (Å²) < 4.78 is 16.5. The molecule has 2 aromatic heterocycles. The van der Waals surface area contributed by atoms with Crippen LogP contribution in [0.3, 0.4) is 0 Å². The van der Waals surface area contributed by atoms with E-state index >= 15 is 0 Å². The maximum atomic E-state index is 13.8. The van der Waals surface area contributed by atoms with Crippen molar-refractivity contribution in [2.24, 2.45) is 0 Å². The topological polar surface area (TPSA) is 17.8 Å². The van der Waals surface area contributed by atoms with Gasteiger partial charge in [-0.3, -0.25) is 0 Å². The summed E-state index contributed by atoms with van der Waals surface area (Å²) in [6, 6.07) is 7.44. The van der Waals surface area contributed by atoms with Crippen molar-refractivity contribution in [1.29, 1.82) is 0 Å². The van der Waals surface area contributed by atoms with Gasteiger partial charge in [0.05, 0.1) is 21.1 Å². The maximum Gasteiger partial charge on any atom is 0.138 e. The molecule has 0 saturated carbocycles. The van der Waals surface area contributed by atoms with Crippen LogP contribution in [-0.4, -0.2) is 15.4 Å². The van der Waals surface area contributed by atoms with Crippen molar-refractivity contribution in [3.63, 3.8) is 0 Å². The number of hydrogen-bond acceptors (Lipinski definition) is 2. The second-order valence-corrected chi connectivity index (χ2v) is 6.96. The van der Waals surface area contributed by atoms with Crippen molar-refractivity contribution >= 4 is 56.6 Å². The van der Waals surface area contributed by atoms with Gasteiger partial charge in [-0.1, -0.05) is 6.07 Å². The van der Waals surface area contributed by atoms with Gasteiger partial charge in [0.15, 0.2) is 0 Å². The number of aryl methyl sites for hydroxylation is 1. The smallest absolute Gasteiger partial charge is 0.138 e.